The molecule has 3 atom stereocenters. The number of H-pyrrole nitrogens is 1. The Morgan fingerprint density at radius 3 is 2.50 bits per heavy atom. The molecular weight excluding hydrogens is 504 g/mol. The van der Waals surface area contributed by atoms with Gasteiger partial charge >= 0.3 is 0 Å². The minimum Gasteiger partial charge on any atom is -0.497 e. The Balaban J connectivity index is 1.28. The number of para-hydroxylation sites is 1. The van der Waals surface area contributed by atoms with Gasteiger partial charge in [0.05, 0.1) is 13.2 Å². The van der Waals surface area contributed by atoms with Gasteiger partial charge in [-0.25, -0.2) is 0 Å². The largest absolute Gasteiger partial charge is 0.497 e. The van der Waals surface area contributed by atoms with Gasteiger partial charge in [0, 0.05) is 35.1 Å². The van der Waals surface area contributed by atoms with Crippen LogP contribution >= 0.6 is 0 Å². The summed E-state index contributed by atoms with van der Waals surface area (Å²) in [6.07, 6.45) is 0.361. The third-order valence-corrected chi connectivity index (χ3v) is 8.03. The van der Waals surface area contributed by atoms with Gasteiger partial charge in [0.15, 0.2) is 0 Å². The molecule has 3 N–H and O–H groups in total. The fourth-order valence-electron chi connectivity index (χ4n) is 5.96. The first kappa shape index (κ1) is 25.7. The van der Waals surface area contributed by atoms with Crippen LogP contribution in [0.1, 0.15) is 52.6 Å². The van der Waals surface area contributed by atoms with Gasteiger partial charge in [-0.3, -0.25) is 14.4 Å². The summed E-state index contributed by atoms with van der Waals surface area (Å²) in [5.74, 6) is -0.190. The molecule has 3 amide bonds. The molecule has 40 heavy (non-hydrogen) atoms. The van der Waals surface area contributed by atoms with Crippen molar-refractivity contribution >= 4 is 28.6 Å². The average molecular weight is 537 g/mol. The molecule has 204 valence electrons. The van der Waals surface area contributed by atoms with Crippen molar-refractivity contribution < 1.29 is 19.1 Å². The molecule has 0 bridgehead atoms. The summed E-state index contributed by atoms with van der Waals surface area (Å²) in [6.45, 7) is 4.12. The molecule has 0 saturated carbocycles. The second-order valence-corrected chi connectivity index (χ2v) is 10.8. The molecule has 2 aliphatic heterocycles. The van der Waals surface area contributed by atoms with E-state index in [0.717, 1.165) is 39.0 Å². The van der Waals surface area contributed by atoms with Crippen LogP contribution in [0.5, 0.6) is 5.75 Å². The maximum absolute atomic E-state index is 14.0. The maximum atomic E-state index is 14.0. The van der Waals surface area contributed by atoms with Crippen LogP contribution in [0, 0.1) is 5.92 Å². The molecule has 6 rings (SSSR count). The number of carbonyl (C=O) groups excluding carboxylic acids is 3. The highest BCUT2D eigenvalue weighted by Gasteiger charge is 2.49. The van der Waals surface area contributed by atoms with Gasteiger partial charge in [-0.05, 0) is 46.9 Å². The number of hydrogen-bond donors (Lipinski definition) is 3. The maximum Gasteiger partial charge on any atom is 0.255 e. The predicted octanol–water partition coefficient (Wildman–Crippen LogP) is 4.10. The van der Waals surface area contributed by atoms with Gasteiger partial charge in [-0.1, -0.05) is 62.4 Å². The number of benzene rings is 3. The highest BCUT2D eigenvalue weighted by atomic mass is 16.5. The topological polar surface area (TPSA) is 104 Å². The van der Waals surface area contributed by atoms with Crippen LogP contribution in [0.25, 0.3) is 10.9 Å². The van der Waals surface area contributed by atoms with E-state index in [2.05, 4.69) is 15.6 Å². The summed E-state index contributed by atoms with van der Waals surface area (Å²) in [6, 6.07) is 21.1. The Kier molecular flexibility index (Phi) is 6.54. The summed E-state index contributed by atoms with van der Waals surface area (Å²) < 4.78 is 5.20. The van der Waals surface area contributed by atoms with Crippen molar-refractivity contribution in [1.29, 1.82) is 0 Å². The molecule has 0 spiro atoms. The minimum absolute atomic E-state index is 0.158. The Hall–Kier alpha value is -4.59. The van der Waals surface area contributed by atoms with Crippen LogP contribution in [0.3, 0.4) is 0 Å². The van der Waals surface area contributed by atoms with E-state index >= 15 is 0 Å². The SMILES string of the molecule is COc1ccc(CNC(=O)[C@@H](NC(=O)[C@@H]2Cc3c([nH]c4ccccc34)[C@H]3c4ccccc4C(=O)N32)C(C)C)cc1. The Morgan fingerprint density at radius 2 is 1.75 bits per heavy atom. The number of methoxy groups -OCH3 is 1. The number of aromatic amines is 1. The average Bonchev–Trinajstić information content (AvgIpc) is 3.49. The molecular formula is C32H32N4O4. The van der Waals surface area contributed by atoms with Crippen molar-refractivity contribution in [3.05, 3.63) is 101 Å². The number of rotatable bonds is 7. The standard InChI is InChI=1S/C32H32N4O4/c1-18(2)27(31(38)33-17-19-12-14-20(40-3)15-13-19)35-30(37)26-16-24-21-8-6-7-11-25(21)34-28(24)29-22-9-4-5-10-23(22)32(39)36(26)29/h4-15,18,26-27,29,34H,16-17H2,1-3H3,(H,33,38)(H,35,37)/t26-,27-,29+/m0/s1. The lowest BCUT2D eigenvalue weighted by molar-refractivity contribution is -0.133. The normalized spacial score (nSPS) is 18.2. The quantitative estimate of drug-likeness (QED) is 0.331. The number of ether oxygens (including phenoxy) is 1. The van der Waals surface area contributed by atoms with E-state index in [1.54, 1.807) is 12.0 Å². The molecule has 0 fully saturated rings. The minimum atomic E-state index is -0.757. The van der Waals surface area contributed by atoms with Crippen LogP contribution in [0.15, 0.2) is 72.8 Å². The van der Waals surface area contributed by atoms with E-state index < -0.39 is 18.1 Å². The first-order valence-electron chi connectivity index (χ1n) is 13.6. The van der Waals surface area contributed by atoms with Crippen LogP contribution < -0.4 is 15.4 Å². The molecule has 8 heteroatoms. The van der Waals surface area contributed by atoms with Crippen molar-refractivity contribution in [3.8, 4) is 5.75 Å². The van der Waals surface area contributed by atoms with Gasteiger partial charge in [0.1, 0.15) is 17.8 Å². The summed E-state index contributed by atoms with van der Waals surface area (Å²) >= 11 is 0. The van der Waals surface area contributed by atoms with E-state index in [1.807, 2.05) is 86.6 Å². The van der Waals surface area contributed by atoms with E-state index in [1.165, 1.54) is 0 Å². The lowest BCUT2D eigenvalue weighted by atomic mass is 9.89. The third kappa shape index (κ3) is 4.29. The van der Waals surface area contributed by atoms with Crippen molar-refractivity contribution in [3.63, 3.8) is 0 Å². The lowest BCUT2D eigenvalue weighted by Gasteiger charge is -2.38. The van der Waals surface area contributed by atoms with Crippen LogP contribution in [-0.4, -0.2) is 46.8 Å². The molecule has 0 aliphatic carbocycles. The zero-order valence-corrected chi connectivity index (χ0v) is 22.7. The Labute approximate surface area is 232 Å². The smallest absolute Gasteiger partial charge is 0.255 e. The highest BCUT2D eigenvalue weighted by molar-refractivity contribution is 6.04. The number of carbonyl (C=O) groups is 3. The molecule has 2 aliphatic rings. The van der Waals surface area contributed by atoms with Crippen molar-refractivity contribution in [2.75, 3.05) is 7.11 Å². The van der Waals surface area contributed by atoms with Gasteiger partial charge in [-0.2, -0.15) is 0 Å². The Bertz CT molecular complexity index is 1610. The number of nitrogens with zero attached hydrogens (tertiary/aromatic N) is 1. The van der Waals surface area contributed by atoms with Crippen molar-refractivity contribution in [2.45, 2.75) is 44.9 Å². The van der Waals surface area contributed by atoms with Crippen LogP contribution in [0.2, 0.25) is 0 Å². The second kappa shape index (κ2) is 10.2. The number of amides is 3. The number of nitrogens with one attached hydrogen (secondary N) is 3. The van der Waals surface area contributed by atoms with Crippen LogP contribution in [0.4, 0.5) is 0 Å². The number of hydrogen-bond acceptors (Lipinski definition) is 4. The summed E-state index contributed by atoms with van der Waals surface area (Å²) in [7, 11) is 1.61. The predicted molar refractivity (Wildman–Crippen MR) is 152 cm³/mol. The van der Waals surface area contributed by atoms with Crippen molar-refractivity contribution in [2.24, 2.45) is 5.92 Å². The third-order valence-electron chi connectivity index (χ3n) is 8.03. The molecule has 4 aromatic rings. The number of fused-ring (bicyclic) bond motifs is 7. The summed E-state index contributed by atoms with van der Waals surface area (Å²) in [4.78, 5) is 46.1. The fourth-order valence-corrected chi connectivity index (χ4v) is 5.96. The monoisotopic (exact) mass is 536 g/mol. The van der Waals surface area contributed by atoms with Gasteiger partial charge in [-0.15, -0.1) is 0 Å². The van der Waals surface area contributed by atoms with Gasteiger partial charge in [0.25, 0.3) is 5.91 Å². The van der Waals surface area contributed by atoms with E-state index in [9.17, 15) is 14.4 Å². The molecule has 3 aromatic carbocycles. The van der Waals surface area contributed by atoms with E-state index in [4.69, 9.17) is 4.74 Å². The highest BCUT2D eigenvalue weighted by Crippen LogP contribution is 2.46. The summed E-state index contributed by atoms with van der Waals surface area (Å²) in [5.41, 5.74) is 5.37. The van der Waals surface area contributed by atoms with E-state index in [-0.39, 0.29) is 23.6 Å². The van der Waals surface area contributed by atoms with Crippen LogP contribution in [-0.2, 0) is 22.6 Å². The molecule has 0 unspecified atom stereocenters. The number of aromatic nitrogens is 1. The summed E-state index contributed by atoms with van der Waals surface area (Å²) in [5, 5.41) is 6.99. The molecule has 0 radical (unpaired) electrons. The lowest BCUT2D eigenvalue weighted by Crippen LogP contribution is -2.57. The molecule has 3 heterocycles. The molecule has 0 saturated heterocycles. The van der Waals surface area contributed by atoms with Crippen molar-refractivity contribution in [1.82, 2.24) is 20.5 Å². The second-order valence-electron chi connectivity index (χ2n) is 10.8. The van der Waals surface area contributed by atoms with Gasteiger partial charge in [0.2, 0.25) is 11.8 Å². The zero-order chi connectivity index (χ0) is 28.0. The Morgan fingerprint density at radius 1 is 1.02 bits per heavy atom. The van der Waals surface area contributed by atoms with Gasteiger partial charge < -0.3 is 25.3 Å². The zero-order valence-electron chi connectivity index (χ0n) is 22.7. The molecule has 1 aromatic heterocycles. The molecule has 8 nitrogen and oxygen atoms in total. The van der Waals surface area contributed by atoms with E-state index in [0.29, 0.717) is 18.5 Å². The first-order chi connectivity index (χ1) is 19.4. The first-order valence-corrected chi connectivity index (χ1v) is 13.6. The fraction of sp³-hybridized carbons (Fsp3) is 0.281.